The summed E-state index contributed by atoms with van der Waals surface area (Å²) in [4.78, 5) is 18.4. The van der Waals surface area contributed by atoms with Crippen LogP contribution in [0.1, 0.15) is 16.8 Å². The van der Waals surface area contributed by atoms with E-state index in [9.17, 15) is 18.0 Å². The highest BCUT2D eigenvalue weighted by atomic mass is 79.9. The number of nitrogens with zero attached hydrogens (tertiary/aromatic N) is 2. The molecule has 2 aromatic rings. The average molecular weight is 465 g/mol. The molecule has 1 aliphatic rings. The van der Waals surface area contributed by atoms with Gasteiger partial charge in [0.25, 0.3) is 5.91 Å². The highest BCUT2D eigenvalue weighted by Gasteiger charge is 2.27. The third-order valence-corrected chi connectivity index (χ3v) is 4.52. The molecule has 1 aliphatic heterocycles. The molecule has 0 radical (unpaired) electrons. The summed E-state index contributed by atoms with van der Waals surface area (Å²) in [5.74, 6) is 0.00429. The van der Waals surface area contributed by atoms with Crippen LogP contribution in [0.5, 0.6) is 5.75 Å². The molecule has 27 heavy (non-hydrogen) atoms. The lowest BCUT2D eigenvalue weighted by Crippen LogP contribution is -2.22. The Hall–Kier alpha value is -2.00. The van der Waals surface area contributed by atoms with Gasteiger partial charge in [0.1, 0.15) is 17.7 Å². The van der Waals surface area contributed by atoms with Crippen molar-refractivity contribution >= 4 is 44.9 Å². The molecule has 1 amide bonds. The Morgan fingerprint density at radius 3 is 2.63 bits per heavy atom. The van der Waals surface area contributed by atoms with Crippen molar-refractivity contribution < 1.29 is 22.7 Å². The lowest BCUT2D eigenvalue weighted by atomic mass is 10.2. The van der Waals surface area contributed by atoms with Gasteiger partial charge < -0.3 is 15.0 Å². The highest BCUT2D eigenvalue weighted by molar-refractivity contribution is 9.10. The van der Waals surface area contributed by atoms with Crippen LogP contribution in [0.15, 0.2) is 41.0 Å². The van der Waals surface area contributed by atoms with E-state index in [0.29, 0.717) is 28.9 Å². The Morgan fingerprint density at radius 1 is 1.37 bits per heavy atom. The van der Waals surface area contributed by atoms with Gasteiger partial charge in [0.15, 0.2) is 0 Å². The van der Waals surface area contributed by atoms with Crippen LogP contribution < -0.4 is 15.0 Å². The minimum absolute atomic E-state index is 0.140. The number of hydrogen-bond donors (Lipinski definition) is 1. The molecular formula is C17H14BrClF3N3O2. The van der Waals surface area contributed by atoms with Gasteiger partial charge in [0, 0.05) is 30.0 Å². The normalized spacial score (nSPS) is 17.1. The maximum absolute atomic E-state index is 13.4. The van der Waals surface area contributed by atoms with Crippen molar-refractivity contribution in [3.8, 4) is 5.75 Å². The number of ether oxygens (including phenoxy) is 1. The molecule has 1 aromatic carbocycles. The number of nitrogens with one attached hydrogen (secondary N) is 1. The van der Waals surface area contributed by atoms with Gasteiger partial charge in [-0.25, -0.2) is 9.37 Å². The van der Waals surface area contributed by atoms with Gasteiger partial charge >= 0.3 is 5.57 Å². The monoisotopic (exact) mass is 463 g/mol. The van der Waals surface area contributed by atoms with Crippen molar-refractivity contribution in [2.45, 2.75) is 18.2 Å². The molecule has 1 aromatic heterocycles. The van der Waals surface area contributed by atoms with E-state index < -0.39 is 17.6 Å². The first-order chi connectivity index (χ1) is 12.7. The summed E-state index contributed by atoms with van der Waals surface area (Å²) >= 11 is 8.06. The van der Waals surface area contributed by atoms with Crippen molar-refractivity contribution in [1.82, 2.24) is 4.98 Å². The van der Waals surface area contributed by atoms with Crippen LogP contribution >= 0.6 is 27.5 Å². The zero-order valence-electron chi connectivity index (χ0n) is 13.8. The summed E-state index contributed by atoms with van der Waals surface area (Å²) in [7, 11) is 0. The largest absolute Gasteiger partial charge is 0.487 e. The third kappa shape index (κ3) is 5.26. The molecule has 1 unspecified atom stereocenters. The fraction of sp³-hybridized carbons (Fsp3) is 0.294. The first-order valence-corrected chi connectivity index (χ1v) is 9.10. The average Bonchev–Trinajstić information content (AvgIpc) is 3.01. The Labute approximate surface area is 166 Å². The molecule has 5 nitrogen and oxygen atoms in total. The minimum Gasteiger partial charge on any atom is -0.420 e. The van der Waals surface area contributed by atoms with Crippen molar-refractivity contribution in [2.75, 3.05) is 23.3 Å². The number of carbonyl (C=O) groups is 1. The van der Waals surface area contributed by atoms with Crippen LogP contribution in [0.3, 0.4) is 0 Å². The van der Waals surface area contributed by atoms with Crippen molar-refractivity contribution in [2.24, 2.45) is 0 Å². The van der Waals surface area contributed by atoms with Crippen molar-refractivity contribution in [1.29, 1.82) is 0 Å². The van der Waals surface area contributed by atoms with Gasteiger partial charge in [-0.05, 0) is 52.7 Å². The van der Waals surface area contributed by atoms with Crippen LogP contribution in [-0.2, 0) is 0 Å². The molecule has 1 fully saturated rings. The van der Waals surface area contributed by atoms with Crippen LogP contribution in [0, 0.1) is 0 Å². The van der Waals surface area contributed by atoms with Gasteiger partial charge in [-0.15, -0.1) is 8.78 Å². The molecule has 3 rings (SSSR count). The van der Waals surface area contributed by atoms with Crippen LogP contribution in [-0.4, -0.2) is 35.7 Å². The van der Waals surface area contributed by atoms with E-state index in [1.807, 2.05) is 4.90 Å². The standard InChI is InChI=1S/C17H14BrClF3N3O2/c18-14-7-10(8-23-15(14)25-6-5-11(20)9-25)16(26)24-12-1-3-13(4-2-12)27-17(19,21)22/h1-4,7-8,11H,5-6,9H2,(H,24,26). The lowest BCUT2D eigenvalue weighted by molar-refractivity contribution is -0.0964. The molecule has 10 heteroatoms. The molecule has 1 N–H and O–H groups in total. The Balaban J connectivity index is 1.66. The number of alkyl halides is 4. The zero-order valence-corrected chi connectivity index (χ0v) is 16.1. The summed E-state index contributed by atoms with van der Waals surface area (Å²) in [5.41, 5.74) is -3.14. The van der Waals surface area contributed by atoms with Crippen LogP contribution in [0.2, 0.25) is 0 Å². The molecule has 144 valence electrons. The zero-order chi connectivity index (χ0) is 19.6. The van der Waals surface area contributed by atoms with Gasteiger partial charge in [-0.1, -0.05) is 0 Å². The molecule has 0 bridgehead atoms. The summed E-state index contributed by atoms with van der Waals surface area (Å²) in [6.07, 6.45) is 0.963. The van der Waals surface area contributed by atoms with E-state index in [-0.39, 0.29) is 17.9 Å². The van der Waals surface area contributed by atoms with Crippen molar-refractivity contribution in [3.63, 3.8) is 0 Å². The fourth-order valence-corrected chi connectivity index (χ4v) is 3.33. The van der Waals surface area contributed by atoms with Gasteiger partial charge in [0.05, 0.1) is 16.6 Å². The topological polar surface area (TPSA) is 54.5 Å². The highest BCUT2D eigenvalue weighted by Crippen LogP contribution is 2.29. The number of anilines is 2. The first-order valence-electron chi connectivity index (χ1n) is 7.93. The van der Waals surface area contributed by atoms with Crippen LogP contribution in [0.4, 0.5) is 24.7 Å². The number of carbonyl (C=O) groups excluding carboxylic acids is 1. The van der Waals surface area contributed by atoms with Crippen molar-refractivity contribution in [3.05, 3.63) is 46.6 Å². The van der Waals surface area contributed by atoms with Crippen LogP contribution in [0.25, 0.3) is 0 Å². The predicted molar refractivity (Wildman–Crippen MR) is 99.5 cm³/mol. The second-order valence-electron chi connectivity index (χ2n) is 5.89. The number of rotatable bonds is 5. The summed E-state index contributed by atoms with van der Waals surface area (Å²) < 4.78 is 43.3. The van der Waals surface area contributed by atoms with E-state index in [1.165, 1.54) is 30.5 Å². The van der Waals surface area contributed by atoms with Gasteiger partial charge in [-0.3, -0.25) is 4.79 Å². The lowest BCUT2D eigenvalue weighted by Gasteiger charge is -2.18. The van der Waals surface area contributed by atoms with Gasteiger partial charge in [-0.2, -0.15) is 0 Å². The number of benzene rings is 1. The number of hydrogen-bond acceptors (Lipinski definition) is 4. The molecule has 1 saturated heterocycles. The number of aromatic nitrogens is 1. The summed E-state index contributed by atoms with van der Waals surface area (Å²) in [6.45, 7) is 0.834. The van der Waals surface area contributed by atoms with E-state index in [1.54, 1.807) is 6.07 Å². The predicted octanol–water partition coefficient (Wildman–Crippen LogP) is 4.81. The van der Waals surface area contributed by atoms with Gasteiger partial charge in [0.2, 0.25) is 0 Å². The third-order valence-electron chi connectivity index (χ3n) is 3.86. The number of pyridine rings is 1. The molecule has 2 heterocycles. The maximum Gasteiger partial charge on any atom is 0.487 e. The molecule has 0 saturated carbocycles. The maximum atomic E-state index is 13.4. The van der Waals surface area contributed by atoms with E-state index in [4.69, 9.17) is 11.6 Å². The summed E-state index contributed by atoms with van der Waals surface area (Å²) in [6, 6.07) is 6.90. The SMILES string of the molecule is O=C(Nc1ccc(OC(F)(F)Cl)cc1)c1cnc(N2CCC(F)C2)c(Br)c1. The second kappa shape index (κ2) is 7.93. The molecule has 0 aliphatic carbocycles. The Bertz CT molecular complexity index is 833. The van der Waals surface area contributed by atoms with E-state index >= 15 is 0 Å². The minimum atomic E-state index is -3.80. The quantitative estimate of drug-likeness (QED) is 0.645. The Morgan fingerprint density at radius 2 is 2.07 bits per heavy atom. The first kappa shape index (κ1) is 19.8. The Kier molecular flexibility index (Phi) is 5.81. The smallest absolute Gasteiger partial charge is 0.420 e. The summed E-state index contributed by atoms with van der Waals surface area (Å²) in [5, 5.41) is 2.62. The molecule has 1 atom stereocenters. The number of halogens is 5. The van der Waals surface area contributed by atoms with E-state index in [2.05, 4.69) is 31.0 Å². The fourth-order valence-electron chi connectivity index (χ4n) is 2.64. The van der Waals surface area contributed by atoms with E-state index in [0.717, 1.165) is 0 Å². The second-order valence-corrected chi connectivity index (χ2v) is 7.18. The number of amides is 1. The molecule has 0 spiro atoms. The molecular weight excluding hydrogens is 451 g/mol.